The van der Waals surface area contributed by atoms with Gasteiger partial charge in [0, 0.05) is 0 Å². The molecule has 0 aromatic carbocycles. The van der Waals surface area contributed by atoms with Crippen LogP contribution in [-0.4, -0.2) is 21.8 Å². The minimum absolute atomic E-state index is 0.165. The van der Waals surface area contributed by atoms with E-state index in [1.54, 1.807) is 0 Å². The highest BCUT2D eigenvalue weighted by molar-refractivity contribution is 5.59. The van der Waals surface area contributed by atoms with Crippen LogP contribution in [0.5, 0.6) is 0 Å². The van der Waals surface area contributed by atoms with E-state index in [9.17, 15) is 25.0 Å². The highest BCUT2D eigenvalue weighted by Gasteiger charge is 2.55. The van der Waals surface area contributed by atoms with Crippen molar-refractivity contribution >= 4 is 6.29 Å². The van der Waals surface area contributed by atoms with Crippen molar-refractivity contribution in [2.75, 3.05) is 0 Å². The average molecular weight is 352 g/mol. The number of nitrogens with zero attached hydrogens (tertiary/aromatic N) is 2. The average Bonchev–Trinajstić information content (AvgIpc) is 2.58. The topological polar surface area (TPSA) is 103 Å². The van der Waals surface area contributed by atoms with Crippen LogP contribution in [0.4, 0.5) is 0 Å². The van der Waals surface area contributed by atoms with Crippen LogP contribution in [0.1, 0.15) is 64.7 Å². The molecule has 7 nitrogen and oxygen atoms in total. The molecule has 25 heavy (non-hydrogen) atoms. The summed E-state index contributed by atoms with van der Waals surface area (Å²) in [6, 6.07) is 0. The van der Waals surface area contributed by atoms with Crippen molar-refractivity contribution in [1.29, 1.82) is 0 Å². The summed E-state index contributed by atoms with van der Waals surface area (Å²) in [5.74, 6) is 0. The van der Waals surface area contributed by atoms with E-state index < -0.39 is 15.5 Å². The van der Waals surface area contributed by atoms with Crippen LogP contribution in [0.25, 0.3) is 0 Å². The maximum atomic E-state index is 10.8. The summed E-state index contributed by atoms with van der Waals surface area (Å²) in [6.45, 7) is 2.10. The number of rotatable bonds is 15. The van der Waals surface area contributed by atoms with Gasteiger partial charge in [-0.25, -0.2) is 0 Å². The Morgan fingerprint density at radius 3 is 1.84 bits per heavy atom. The van der Waals surface area contributed by atoms with Crippen molar-refractivity contribution in [2.24, 2.45) is 0 Å². The summed E-state index contributed by atoms with van der Waals surface area (Å²) >= 11 is 0. The van der Waals surface area contributed by atoms with Crippen LogP contribution >= 0.6 is 0 Å². The Hall–Kier alpha value is -2.31. The number of allylic oxidation sites excluding steroid dienone is 6. The van der Waals surface area contributed by atoms with Gasteiger partial charge in [-0.3, -0.25) is 25.0 Å². The van der Waals surface area contributed by atoms with Crippen LogP contribution in [0, 0.1) is 20.2 Å². The molecular weight excluding hydrogens is 324 g/mol. The molecule has 0 aliphatic carbocycles. The highest BCUT2D eigenvalue weighted by Crippen LogP contribution is 2.18. The van der Waals surface area contributed by atoms with Gasteiger partial charge in [0.05, 0.1) is 6.42 Å². The molecule has 0 aromatic rings. The van der Waals surface area contributed by atoms with E-state index in [4.69, 9.17) is 0 Å². The summed E-state index contributed by atoms with van der Waals surface area (Å²) in [5.41, 5.74) is -2.68. The maximum absolute atomic E-state index is 10.8. The molecule has 0 aliphatic heterocycles. The zero-order valence-electron chi connectivity index (χ0n) is 14.8. The maximum Gasteiger partial charge on any atom is 0.512 e. The third-order valence-electron chi connectivity index (χ3n) is 3.77. The summed E-state index contributed by atoms with van der Waals surface area (Å²) in [6.07, 6.45) is 18.7. The molecule has 0 unspecified atom stereocenters. The second-order valence-electron chi connectivity index (χ2n) is 5.76. The molecule has 0 spiro atoms. The Morgan fingerprint density at radius 1 is 0.800 bits per heavy atom. The largest absolute Gasteiger partial charge is 0.512 e. The first-order valence-electron chi connectivity index (χ1n) is 8.71. The Bertz CT molecular complexity index is 484. The van der Waals surface area contributed by atoms with Crippen LogP contribution in [-0.2, 0) is 4.79 Å². The Labute approximate surface area is 148 Å². The Kier molecular flexibility index (Phi) is 12.8. The molecule has 0 rings (SSSR count). The van der Waals surface area contributed by atoms with Gasteiger partial charge in [-0.05, 0) is 38.5 Å². The second kappa shape index (κ2) is 14.1. The normalized spacial score (nSPS) is 12.4. The molecule has 0 fully saturated rings. The predicted molar refractivity (Wildman–Crippen MR) is 97.4 cm³/mol. The first-order valence-corrected chi connectivity index (χ1v) is 8.71. The Morgan fingerprint density at radius 2 is 1.32 bits per heavy atom. The predicted octanol–water partition coefficient (Wildman–Crippen LogP) is 4.63. The fourth-order valence-electron chi connectivity index (χ4n) is 2.22. The van der Waals surface area contributed by atoms with Crippen LogP contribution in [0.3, 0.4) is 0 Å². The molecule has 0 amide bonds. The first kappa shape index (κ1) is 22.7. The standard InChI is InChI=1S/C18H28N2O5/c1-2-3-4-5-6-7-8-9-10-11-12-13-14-15-16-18(17-21,19(22)23)20(24)25/h3-4,6-7,9-10,17H,2,5,8,11-16H2,1H3. The van der Waals surface area contributed by atoms with Gasteiger partial charge in [-0.1, -0.05) is 56.2 Å². The Balaban J connectivity index is 3.81. The SMILES string of the molecule is CCC=CCC=CCC=CCCCCCCC(C=O)([N+](=O)[O-])[N+](=O)[O-]. The number of carbonyl (C=O) groups is 1. The van der Waals surface area contributed by atoms with E-state index in [2.05, 4.69) is 43.4 Å². The summed E-state index contributed by atoms with van der Waals surface area (Å²) < 4.78 is 0. The van der Waals surface area contributed by atoms with Gasteiger partial charge in [-0.2, -0.15) is 0 Å². The zero-order valence-corrected chi connectivity index (χ0v) is 14.8. The third kappa shape index (κ3) is 9.54. The van der Waals surface area contributed by atoms with E-state index in [0.717, 1.165) is 38.5 Å². The number of nitro groups is 2. The monoisotopic (exact) mass is 352 g/mol. The molecule has 0 radical (unpaired) electrons. The lowest BCUT2D eigenvalue weighted by atomic mass is 10.0. The van der Waals surface area contributed by atoms with E-state index in [-0.39, 0.29) is 12.7 Å². The number of aldehydes is 1. The minimum atomic E-state index is -2.68. The molecule has 0 heterocycles. The van der Waals surface area contributed by atoms with Crippen LogP contribution in [0.2, 0.25) is 0 Å². The van der Waals surface area contributed by atoms with Crippen molar-refractivity contribution < 1.29 is 14.6 Å². The fourth-order valence-corrected chi connectivity index (χ4v) is 2.22. The van der Waals surface area contributed by atoms with Crippen molar-refractivity contribution in [3.05, 3.63) is 56.7 Å². The van der Waals surface area contributed by atoms with E-state index in [1.807, 2.05) is 0 Å². The van der Waals surface area contributed by atoms with Gasteiger partial charge in [-0.15, -0.1) is 0 Å². The van der Waals surface area contributed by atoms with Gasteiger partial charge in [0.1, 0.15) is 9.85 Å². The second-order valence-corrected chi connectivity index (χ2v) is 5.76. The lowest BCUT2D eigenvalue weighted by molar-refractivity contribution is -0.774. The highest BCUT2D eigenvalue weighted by atomic mass is 16.7. The molecule has 0 saturated carbocycles. The molecule has 0 bridgehead atoms. The molecule has 140 valence electrons. The third-order valence-corrected chi connectivity index (χ3v) is 3.77. The molecule has 0 N–H and O–H groups in total. The number of hydrogen-bond acceptors (Lipinski definition) is 5. The van der Waals surface area contributed by atoms with Crippen LogP contribution < -0.4 is 0 Å². The molecule has 0 atom stereocenters. The van der Waals surface area contributed by atoms with E-state index in [0.29, 0.717) is 12.8 Å². The lowest BCUT2D eigenvalue weighted by Crippen LogP contribution is -2.47. The summed E-state index contributed by atoms with van der Waals surface area (Å²) in [4.78, 5) is 30.1. The van der Waals surface area contributed by atoms with Gasteiger partial charge in [0.15, 0.2) is 0 Å². The lowest BCUT2D eigenvalue weighted by Gasteiger charge is -2.10. The number of carbonyl (C=O) groups excluding carboxylic acids is 1. The quantitative estimate of drug-likeness (QED) is 0.107. The van der Waals surface area contributed by atoms with Crippen molar-refractivity contribution in [3.63, 3.8) is 0 Å². The number of hydrogen-bond donors (Lipinski definition) is 0. The minimum Gasteiger partial charge on any atom is -0.287 e. The zero-order chi connectivity index (χ0) is 19.0. The number of unbranched alkanes of at least 4 members (excludes halogenated alkanes) is 4. The molecule has 0 aromatic heterocycles. The summed E-state index contributed by atoms with van der Waals surface area (Å²) in [7, 11) is 0. The molecule has 0 aliphatic rings. The van der Waals surface area contributed by atoms with Gasteiger partial charge in [0.2, 0.25) is 0 Å². The molecular formula is C18H28N2O5. The fraction of sp³-hybridized carbons (Fsp3) is 0.611. The summed E-state index contributed by atoms with van der Waals surface area (Å²) in [5, 5.41) is 21.5. The van der Waals surface area contributed by atoms with E-state index >= 15 is 0 Å². The smallest absolute Gasteiger partial charge is 0.287 e. The molecule has 0 saturated heterocycles. The van der Waals surface area contributed by atoms with Gasteiger partial charge in [0.25, 0.3) is 6.29 Å². The van der Waals surface area contributed by atoms with Crippen molar-refractivity contribution in [2.45, 2.75) is 70.4 Å². The van der Waals surface area contributed by atoms with Gasteiger partial charge < -0.3 is 0 Å². The van der Waals surface area contributed by atoms with Gasteiger partial charge >= 0.3 is 5.66 Å². The van der Waals surface area contributed by atoms with E-state index in [1.165, 1.54) is 0 Å². The van der Waals surface area contributed by atoms with Crippen molar-refractivity contribution in [1.82, 2.24) is 0 Å². The van der Waals surface area contributed by atoms with Crippen LogP contribution in [0.15, 0.2) is 36.5 Å². The van der Waals surface area contributed by atoms with Crippen molar-refractivity contribution in [3.8, 4) is 0 Å². The first-order chi connectivity index (χ1) is 12.0. The molecule has 7 heteroatoms.